The summed E-state index contributed by atoms with van der Waals surface area (Å²) in [5.74, 6) is 8.66. The van der Waals surface area contributed by atoms with Crippen molar-refractivity contribution in [3.63, 3.8) is 0 Å². The number of benzene rings is 2. The standard InChI is InChI=1S/C38H54/c1-3-5-7-9-10-12-14-16-34-19-23-36(24-20-34)26-28-38-31-29-37(30-32-38)27-25-35-21-17-33(18-22-35)15-13-11-8-6-4-2/h8,11,17-18,21-22,29-32,34,36H,3-7,9-10,12-16,19-20,23-24,26,28H2,1-2H3/b11-8+. The molecule has 2 aromatic carbocycles. The van der Waals surface area contributed by atoms with Crippen LogP contribution in [-0.2, 0) is 12.8 Å². The van der Waals surface area contributed by atoms with Crippen LogP contribution in [0.15, 0.2) is 60.7 Å². The molecule has 1 aliphatic carbocycles. The number of hydrogen-bond acceptors (Lipinski definition) is 0. The quantitative estimate of drug-likeness (QED) is 0.120. The van der Waals surface area contributed by atoms with Crippen LogP contribution in [0.4, 0.5) is 0 Å². The summed E-state index contributed by atoms with van der Waals surface area (Å²) in [7, 11) is 0. The lowest BCUT2D eigenvalue weighted by Gasteiger charge is -2.28. The van der Waals surface area contributed by atoms with E-state index in [0.717, 1.165) is 35.8 Å². The Kier molecular flexibility index (Phi) is 15.1. The zero-order valence-corrected chi connectivity index (χ0v) is 24.7. The van der Waals surface area contributed by atoms with Gasteiger partial charge in [0.2, 0.25) is 0 Å². The van der Waals surface area contributed by atoms with Gasteiger partial charge in [-0.2, -0.15) is 0 Å². The summed E-state index contributed by atoms with van der Waals surface area (Å²) in [5.41, 5.74) is 5.08. The Morgan fingerprint density at radius 3 is 1.63 bits per heavy atom. The van der Waals surface area contributed by atoms with E-state index in [-0.39, 0.29) is 0 Å². The molecule has 0 heteroatoms. The highest BCUT2D eigenvalue weighted by Crippen LogP contribution is 2.34. The monoisotopic (exact) mass is 510 g/mol. The first-order valence-corrected chi connectivity index (χ1v) is 16.1. The third-order valence-electron chi connectivity index (χ3n) is 8.50. The first-order chi connectivity index (χ1) is 18.8. The fourth-order valence-corrected chi connectivity index (χ4v) is 5.88. The van der Waals surface area contributed by atoms with Crippen molar-refractivity contribution in [2.24, 2.45) is 11.8 Å². The predicted octanol–water partition coefficient (Wildman–Crippen LogP) is 11.3. The Morgan fingerprint density at radius 2 is 1.05 bits per heavy atom. The minimum atomic E-state index is 0.940. The molecule has 0 heterocycles. The molecule has 1 saturated carbocycles. The molecule has 0 atom stereocenters. The van der Waals surface area contributed by atoms with Crippen LogP contribution in [0, 0.1) is 23.7 Å². The Morgan fingerprint density at radius 1 is 0.553 bits per heavy atom. The van der Waals surface area contributed by atoms with Gasteiger partial charge in [0.1, 0.15) is 0 Å². The highest BCUT2D eigenvalue weighted by atomic mass is 14.3. The van der Waals surface area contributed by atoms with Gasteiger partial charge in [0, 0.05) is 11.1 Å². The third-order valence-corrected chi connectivity index (χ3v) is 8.50. The SMILES string of the molecule is CCC/C=C/CCc1ccc(C#Cc2ccc(CCC3CCC(CCCCCCCCC)CC3)cc2)cc1. The lowest BCUT2D eigenvalue weighted by molar-refractivity contribution is 0.248. The van der Waals surface area contributed by atoms with Gasteiger partial charge in [-0.15, -0.1) is 0 Å². The Balaban J connectivity index is 1.30. The molecule has 0 radical (unpaired) electrons. The number of rotatable bonds is 16. The number of unbranched alkanes of at least 4 members (excludes halogenated alkanes) is 7. The maximum atomic E-state index is 3.36. The van der Waals surface area contributed by atoms with Crippen molar-refractivity contribution in [3.8, 4) is 11.8 Å². The van der Waals surface area contributed by atoms with Gasteiger partial charge in [0.15, 0.2) is 0 Å². The molecule has 0 nitrogen and oxygen atoms in total. The number of aryl methyl sites for hydroxylation is 2. The molecule has 0 aliphatic heterocycles. The summed E-state index contributed by atoms with van der Waals surface area (Å²) in [6, 6.07) is 17.8. The second-order valence-electron chi connectivity index (χ2n) is 11.8. The number of hydrogen-bond donors (Lipinski definition) is 0. The Hall–Kier alpha value is -2.26. The Labute approximate surface area is 235 Å². The molecule has 0 spiro atoms. The normalized spacial score (nSPS) is 17.4. The van der Waals surface area contributed by atoms with E-state index in [1.807, 2.05) is 0 Å². The molecule has 0 amide bonds. The van der Waals surface area contributed by atoms with Gasteiger partial charge in [-0.1, -0.05) is 146 Å². The smallest absolute Gasteiger partial charge is 0.0249 e. The molecule has 0 N–H and O–H groups in total. The van der Waals surface area contributed by atoms with Crippen LogP contribution in [-0.4, -0.2) is 0 Å². The van der Waals surface area contributed by atoms with Crippen LogP contribution < -0.4 is 0 Å². The van der Waals surface area contributed by atoms with E-state index in [9.17, 15) is 0 Å². The summed E-state index contributed by atoms with van der Waals surface area (Å²) in [4.78, 5) is 0. The summed E-state index contributed by atoms with van der Waals surface area (Å²) in [6.45, 7) is 4.53. The van der Waals surface area contributed by atoms with Crippen molar-refractivity contribution < 1.29 is 0 Å². The minimum absolute atomic E-state index is 0.940. The molecule has 1 fully saturated rings. The van der Waals surface area contributed by atoms with Crippen molar-refractivity contribution in [3.05, 3.63) is 82.9 Å². The van der Waals surface area contributed by atoms with Crippen molar-refractivity contribution in [1.29, 1.82) is 0 Å². The third kappa shape index (κ3) is 12.5. The average Bonchev–Trinajstić information content (AvgIpc) is 2.96. The summed E-state index contributed by atoms with van der Waals surface area (Å²) in [5, 5.41) is 0. The zero-order valence-electron chi connectivity index (χ0n) is 24.7. The van der Waals surface area contributed by atoms with Crippen LogP contribution in [0.1, 0.15) is 139 Å². The van der Waals surface area contributed by atoms with E-state index in [2.05, 4.69) is 86.4 Å². The molecule has 0 aromatic heterocycles. The van der Waals surface area contributed by atoms with Gasteiger partial charge in [0.25, 0.3) is 0 Å². The van der Waals surface area contributed by atoms with E-state index in [1.165, 1.54) is 114 Å². The molecule has 0 unspecified atom stereocenters. The zero-order chi connectivity index (χ0) is 26.7. The summed E-state index contributed by atoms with van der Waals surface area (Å²) < 4.78 is 0. The molecule has 206 valence electrons. The minimum Gasteiger partial charge on any atom is -0.0885 e. The van der Waals surface area contributed by atoms with Gasteiger partial charge in [-0.25, -0.2) is 0 Å². The first kappa shape index (κ1) is 30.3. The van der Waals surface area contributed by atoms with Crippen LogP contribution in [0.5, 0.6) is 0 Å². The molecule has 38 heavy (non-hydrogen) atoms. The molecule has 2 aromatic rings. The Bertz CT molecular complexity index is 942. The summed E-state index contributed by atoms with van der Waals surface area (Å²) in [6.07, 6.45) is 29.3. The van der Waals surface area contributed by atoms with Crippen molar-refractivity contribution >= 4 is 0 Å². The van der Waals surface area contributed by atoms with Crippen LogP contribution in [0.3, 0.4) is 0 Å². The lowest BCUT2D eigenvalue weighted by atomic mass is 9.77. The van der Waals surface area contributed by atoms with Crippen LogP contribution in [0.25, 0.3) is 0 Å². The van der Waals surface area contributed by atoms with E-state index < -0.39 is 0 Å². The van der Waals surface area contributed by atoms with Crippen LogP contribution in [0.2, 0.25) is 0 Å². The molecular weight excluding hydrogens is 456 g/mol. The highest BCUT2D eigenvalue weighted by molar-refractivity contribution is 5.44. The van der Waals surface area contributed by atoms with Gasteiger partial charge in [-0.3, -0.25) is 0 Å². The molecular formula is C38H54. The average molecular weight is 511 g/mol. The second-order valence-corrected chi connectivity index (χ2v) is 11.8. The van der Waals surface area contributed by atoms with Crippen molar-refractivity contribution in [2.75, 3.05) is 0 Å². The predicted molar refractivity (Wildman–Crippen MR) is 168 cm³/mol. The molecule has 0 bridgehead atoms. The van der Waals surface area contributed by atoms with E-state index in [1.54, 1.807) is 0 Å². The topological polar surface area (TPSA) is 0 Å². The molecule has 3 rings (SSSR count). The molecule has 0 saturated heterocycles. The van der Waals surface area contributed by atoms with Gasteiger partial charge in [0.05, 0.1) is 0 Å². The van der Waals surface area contributed by atoms with Crippen molar-refractivity contribution in [1.82, 2.24) is 0 Å². The maximum Gasteiger partial charge on any atom is 0.0249 e. The van der Waals surface area contributed by atoms with Gasteiger partial charge >= 0.3 is 0 Å². The number of allylic oxidation sites excluding steroid dienone is 2. The van der Waals surface area contributed by atoms with Gasteiger partial charge < -0.3 is 0 Å². The fourth-order valence-electron chi connectivity index (χ4n) is 5.88. The van der Waals surface area contributed by atoms with Gasteiger partial charge in [-0.05, 0) is 79.3 Å². The van der Waals surface area contributed by atoms with Crippen LogP contribution >= 0.6 is 0 Å². The second kappa shape index (κ2) is 18.9. The van der Waals surface area contributed by atoms with E-state index in [0.29, 0.717) is 0 Å². The largest absolute Gasteiger partial charge is 0.0885 e. The lowest BCUT2D eigenvalue weighted by Crippen LogP contribution is -2.15. The highest BCUT2D eigenvalue weighted by Gasteiger charge is 2.20. The first-order valence-electron chi connectivity index (χ1n) is 16.1. The van der Waals surface area contributed by atoms with E-state index in [4.69, 9.17) is 0 Å². The fraction of sp³-hybridized carbons (Fsp3) is 0.579. The molecule has 1 aliphatic rings. The van der Waals surface area contributed by atoms with E-state index >= 15 is 0 Å². The van der Waals surface area contributed by atoms with Crippen molar-refractivity contribution in [2.45, 2.75) is 129 Å². The maximum absolute atomic E-state index is 3.36. The summed E-state index contributed by atoms with van der Waals surface area (Å²) >= 11 is 0.